The topological polar surface area (TPSA) is 103 Å². The number of imidazole rings is 1. The van der Waals surface area contributed by atoms with Gasteiger partial charge in [-0.2, -0.15) is 0 Å². The Bertz CT molecular complexity index is 1250. The van der Waals surface area contributed by atoms with Crippen molar-refractivity contribution >= 4 is 34.5 Å². The highest BCUT2D eigenvalue weighted by atomic mass is 19.1. The zero-order valence-electron chi connectivity index (χ0n) is 19.1. The molecule has 0 spiro atoms. The average Bonchev–Trinajstić information content (AvgIpc) is 2.96. The highest BCUT2D eigenvalue weighted by Gasteiger charge is 2.32. The van der Waals surface area contributed by atoms with Crippen LogP contribution in [-0.4, -0.2) is 50.6 Å². The van der Waals surface area contributed by atoms with Crippen molar-refractivity contribution in [3.63, 3.8) is 0 Å². The molecular weight excluding hydrogens is 431 g/mol. The van der Waals surface area contributed by atoms with E-state index in [1.54, 1.807) is 44.9 Å². The Hall–Kier alpha value is -3.43. The van der Waals surface area contributed by atoms with Crippen molar-refractivity contribution in [1.82, 2.24) is 19.4 Å². The monoisotopic (exact) mass is 458 g/mol. The van der Waals surface area contributed by atoms with E-state index in [1.807, 2.05) is 0 Å². The predicted octanol–water partition coefficient (Wildman–Crippen LogP) is 2.48. The Balaban J connectivity index is 1.66. The van der Waals surface area contributed by atoms with Crippen LogP contribution < -0.4 is 11.0 Å². The smallest absolute Gasteiger partial charge is 0.410 e. The van der Waals surface area contributed by atoms with E-state index in [9.17, 15) is 19.2 Å². The summed E-state index contributed by atoms with van der Waals surface area (Å²) in [6.45, 7) is 6.07. The van der Waals surface area contributed by atoms with E-state index in [0.29, 0.717) is 29.6 Å². The van der Waals surface area contributed by atoms with Gasteiger partial charge in [0.1, 0.15) is 17.5 Å². The summed E-state index contributed by atoms with van der Waals surface area (Å²) in [5.41, 5.74) is 0.808. The molecule has 0 saturated carbocycles. The summed E-state index contributed by atoms with van der Waals surface area (Å²) in [6.07, 6.45) is 2.09. The number of fused-ring (bicyclic) bond motifs is 1. The van der Waals surface area contributed by atoms with Crippen LogP contribution in [0.1, 0.15) is 51.6 Å². The van der Waals surface area contributed by atoms with Crippen LogP contribution in [0.2, 0.25) is 0 Å². The minimum atomic E-state index is -0.875. The molecule has 1 aromatic carbocycles. The van der Waals surface area contributed by atoms with Crippen molar-refractivity contribution in [3.8, 4) is 0 Å². The largest absolute Gasteiger partial charge is 0.444 e. The van der Waals surface area contributed by atoms with Crippen molar-refractivity contribution in [2.75, 3.05) is 13.1 Å². The van der Waals surface area contributed by atoms with Crippen molar-refractivity contribution < 1.29 is 23.5 Å². The molecule has 0 bridgehead atoms. The van der Waals surface area contributed by atoms with Gasteiger partial charge in [-0.1, -0.05) is 6.08 Å². The summed E-state index contributed by atoms with van der Waals surface area (Å²) in [6, 6.07) is 1.99. The number of aryl methyl sites for hydroxylation is 1. The summed E-state index contributed by atoms with van der Waals surface area (Å²) in [5, 5.41) is 2.24. The second-order valence-corrected chi connectivity index (χ2v) is 9.40. The lowest BCUT2D eigenvalue weighted by Gasteiger charge is -2.29. The predicted molar refractivity (Wildman–Crippen MR) is 119 cm³/mol. The fourth-order valence-corrected chi connectivity index (χ4v) is 4.26. The van der Waals surface area contributed by atoms with Crippen LogP contribution >= 0.6 is 0 Å². The van der Waals surface area contributed by atoms with Gasteiger partial charge in [-0.05, 0) is 45.3 Å². The molecule has 33 heavy (non-hydrogen) atoms. The molecule has 0 aliphatic carbocycles. The number of halogens is 1. The maximum Gasteiger partial charge on any atom is 0.410 e. The van der Waals surface area contributed by atoms with Crippen LogP contribution in [0, 0.1) is 5.82 Å². The Kier molecular flexibility index (Phi) is 5.63. The lowest BCUT2D eigenvalue weighted by atomic mass is 9.98. The highest BCUT2D eigenvalue weighted by molar-refractivity contribution is 6.00. The van der Waals surface area contributed by atoms with Gasteiger partial charge in [0.05, 0.1) is 11.0 Å². The van der Waals surface area contributed by atoms with E-state index < -0.39 is 35.2 Å². The van der Waals surface area contributed by atoms with Crippen molar-refractivity contribution in [2.24, 2.45) is 7.05 Å². The minimum absolute atomic E-state index is 0.112. The maximum atomic E-state index is 15.2. The standard InChI is InChI=1S/C23H27FN4O5/c1-23(2,3)33-22(32)27-9-7-13(8-10-27)14-11-17-18(12-15(14)24)28(21(31)26(17)4)16-5-6-19(29)25-20(16)30/h7,11-12,16H,5-6,8-10H2,1-4H3,(H,25,29,30). The molecule has 1 saturated heterocycles. The fraction of sp³-hybridized carbons (Fsp3) is 0.478. The Morgan fingerprint density at radius 2 is 1.88 bits per heavy atom. The number of carbonyl (C=O) groups excluding carboxylic acids is 3. The minimum Gasteiger partial charge on any atom is -0.444 e. The van der Waals surface area contributed by atoms with Gasteiger partial charge in [-0.15, -0.1) is 0 Å². The number of imide groups is 1. The number of hydrogen-bond donors (Lipinski definition) is 1. The average molecular weight is 458 g/mol. The van der Waals surface area contributed by atoms with Gasteiger partial charge >= 0.3 is 11.8 Å². The van der Waals surface area contributed by atoms with E-state index >= 15 is 4.39 Å². The highest BCUT2D eigenvalue weighted by Crippen LogP contribution is 2.30. The quantitative estimate of drug-likeness (QED) is 0.697. The molecule has 1 N–H and O–H groups in total. The maximum absolute atomic E-state index is 15.2. The van der Waals surface area contributed by atoms with Crippen molar-refractivity contribution in [2.45, 2.75) is 51.7 Å². The summed E-state index contributed by atoms with van der Waals surface area (Å²) >= 11 is 0. The number of carbonyl (C=O) groups is 3. The summed E-state index contributed by atoms with van der Waals surface area (Å²) < 4.78 is 23.2. The van der Waals surface area contributed by atoms with Crippen LogP contribution in [-0.2, 0) is 21.4 Å². The van der Waals surface area contributed by atoms with E-state index in [4.69, 9.17) is 4.74 Å². The second kappa shape index (κ2) is 8.17. The van der Waals surface area contributed by atoms with Gasteiger partial charge in [0.2, 0.25) is 11.8 Å². The molecule has 3 amide bonds. The number of benzene rings is 1. The first-order valence-electron chi connectivity index (χ1n) is 10.9. The van der Waals surface area contributed by atoms with Gasteiger partial charge in [-0.3, -0.25) is 24.0 Å². The Labute approximate surface area is 189 Å². The molecule has 0 radical (unpaired) electrons. The molecule has 2 aliphatic rings. The van der Waals surface area contributed by atoms with Gasteiger partial charge in [-0.25, -0.2) is 14.0 Å². The third-order valence-corrected chi connectivity index (χ3v) is 5.91. The number of nitrogens with zero attached hydrogens (tertiary/aromatic N) is 3. The Morgan fingerprint density at radius 3 is 2.48 bits per heavy atom. The molecular formula is C23H27FN4O5. The lowest BCUT2D eigenvalue weighted by molar-refractivity contribution is -0.135. The molecule has 4 rings (SSSR count). The zero-order valence-corrected chi connectivity index (χ0v) is 19.1. The van der Waals surface area contributed by atoms with Crippen LogP contribution in [0.15, 0.2) is 23.0 Å². The molecule has 1 fully saturated rings. The van der Waals surface area contributed by atoms with Gasteiger partial charge in [0.25, 0.3) is 0 Å². The van der Waals surface area contributed by atoms with E-state index in [-0.39, 0.29) is 25.3 Å². The number of hydrogen-bond acceptors (Lipinski definition) is 5. The molecule has 1 aromatic heterocycles. The van der Waals surface area contributed by atoms with E-state index in [1.165, 1.54) is 15.2 Å². The summed E-state index contributed by atoms with van der Waals surface area (Å²) in [7, 11) is 1.56. The van der Waals surface area contributed by atoms with E-state index in [2.05, 4.69) is 5.32 Å². The number of nitrogens with one attached hydrogen (secondary N) is 1. The Morgan fingerprint density at radius 1 is 1.15 bits per heavy atom. The van der Waals surface area contributed by atoms with Gasteiger partial charge < -0.3 is 9.64 Å². The lowest BCUT2D eigenvalue weighted by Crippen LogP contribution is -2.44. The first-order chi connectivity index (χ1) is 15.5. The summed E-state index contributed by atoms with van der Waals surface area (Å²) in [5.74, 6) is -1.48. The molecule has 2 aliphatic heterocycles. The molecule has 176 valence electrons. The fourth-order valence-electron chi connectivity index (χ4n) is 4.26. The molecule has 2 aromatic rings. The summed E-state index contributed by atoms with van der Waals surface area (Å²) in [4.78, 5) is 50.6. The molecule has 3 heterocycles. The van der Waals surface area contributed by atoms with Crippen LogP contribution in [0.4, 0.5) is 9.18 Å². The van der Waals surface area contributed by atoms with Crippen LogP contribution in [0.25, 0.3) is 16.6 Å². The van der Waals surface area contributed by atoms with Crippen molar-refractivity contribution in [1.29, 1.82) is 0 Å². The number of amides is 3. The zero-order chi connectivity index (χ0) is 24.1. The molecule has 10 heteroatoms. The molecule has 1 atom stereocenters. The van der Waals surface area contributed by atoms with Crippen molar-refractivity contribution in [3.05, 3.63) is 40.1 Å². The first kappa shape index (κ1) is 22.8. The SMILES string of the molecule is Cn1c(=O)n(C2CCC(=O)NC2=O)c2cc(F)c(C3=CCN(C(=O)OC(C)(C)C)CC3)cc21. The van der Waals surface area contributed by atoms with Crippen LogP contribution in [0.3, 0.4) is 0 Å². The third kappa shape index (κ3) is 4.29. The van der Waals surface area contributed by atoms with Gasteiger partial charge in [0, 0.05) is 38.2 Å². The number of rotatable bonds is 2. The number of ether oxygens (including phenoxy) is 1. The molecule has 9 nitrogen and oxygen atoms in total. The first-order valence-corrected chi connectivity index (χ1v) is 10.9. The number of piperidine rings is 1. The number of aromatic nitrogens is 2. The normalized spacial score (nSPS) is 19.5. The van der Waals surface area contributed by atoms with Crippen LogP contribution in [0.5, 0.6) is 0 Å². The van der Waals surface area contributed by atoms with E-state index in [0.717, 1.165) is 5.57 Å². The second-order valence-electron chi connectivity index (χ2n) is 9.40. The van der Waals surface area contributed by atoms with Gasteiger partial charge in [0.15, 0.2) is 0 Å². The molecule has 1 unspecified atom stereocenters. The third-order valence-electron chi connectivity index (χ3n) is 5.91.